The summed E-state index contributed by atoms with van der Waals surface area (Å²) in [6.07, 6.45) is 3.29. The van der Waals surface area contributed by atoms with Crippen molar-refractivity contribution in [3.63, 3.8) is 0 Å². The average Bonchev–Trinajstić information content (AvgIpc) is 2.63. The van der Waals surface area contributed by atoms with E-state index in [9.17, 15) is 14.9 Å². The summed E-state index contributed by atoms with van der Waals surface area (Å²) in [7, 11) is 1.39. The molecule has 0 bridgehead atoms. The molecular weight excluding hydrogens is 366 g/mol. The number of benzene rings is 1. The number of nitrogens with zero attached hydrogens (tertiary/aromatic N) is 3. The van der Waals surface area contributed by atoms with E-state index in [1.165, 1.54) is 25.6 Å². The lowest BCUT2D eigenvalue weighted by Crippen LogP contribution is -2.10. The van der Waals surface area contributed by atoms with E-state index >= 15 is 0 Å². The predicted octanol–water partition coefficient (Wildman–Crippen LogP) is 2.57. The molecule has 0 amide bonds. The maximum atomic E-state index is 11.4. The standard InChI is InChI=1S/C15H16ClN5O5/c1-3-4-26-14-11(21(23)24)5-9(6-12(14)25-2)7-17-19-10-8-18-20-15(22)13(10)16/h5-8H,3-4H2,1-2H3,(H2,19,20,22)/b17-7-. The summed E-state index contributed by atoms with van der Waals surface area (Å²) < 4.78 is 10.6. The third kappa shape index (κ3) is 4.48. The zero-order valence-corrected chi connectivity index (χ0v) is 14.7. The summed E-state index contributed by atoms with van der Waals surface area (Å²) in [5, 5.41) is 20.9. The Hall–Kier alpha value is -3.14. The number of hydrogen-bond acceptors (Lipinski definition) is 8. The Bertz CT molecular complexity index is 883. The number of nitro benzene ring substituents is 1. The highest BCUT2D eigenvalue weighted by Crippen LogP contribution is 2.38. The summed E-state index contributed by atoms with van der Waals surface area (Å²) >= 11 is 5.81. The van der Waals surface area contributed by atoms with Crippen LogP contribution in [0.3, 0.4) is 0 Å². The smallest absolute Gasteiger partial charge is 0.315 e. The first-order valence-electron chi connectivity index (χ1n) is 7.49. The van der Waals surface area contributed by atoms with Crippen LogP contribution in [0.15, 0.2) is 28.2 Å². The van der Waals surface area contributed by atoms with Gasteiger partial charge in [-0.2, -0.15) is 10.2 Å². The molecule has 138 valence electrons. The minimum absolute atomic E-state index is 0.0614. The van der Waals surface area contributed by atoms with E-state index in [2.05, 4.69) is 20.7 Å². The van der Waals surface area contributed by atoms with E-state index in [1.54, 1.807) is 6.07 Å². The van der Waals surface area contributed by atoms with Gasteiger partial charge in [0.2, 0.25) is 5.75 Å². The molecule has 0 aliphatic heterocycles. The molecule has 0 unspecified atom stereocenters. The molecule has 10 nitrogen and oxygen atoms in total. The van der Waals surface area contributed by atoms with Crippen LogP contribution < -0.4 is 20.5 Å². The Kier molecular flexibility index (Phi) is 6.50. The van der Waals surface area contributed by atoms with Gasteiger partial charge in [-0.3, -0.25) is 20.3 Å². The van der Waals surface area contributed by atoms with Crippen LogP contribution in [0.4, 0.5) is 11.4 Å². The molecule has 2 N–H and O–H groups in total. The zero-order chi connectivity index (χ0) is 19.1. The van der Waals surface area contributed by atoms with Crippen molar-refractivity contribution >= 4 is 29.2 Å². The van der Waals surface area contributed by atoms with Crippen LogP contribution in [0.1, 0.15) is 18.9 Å². The number of halogens is 1. The first-order chi connectivity index (χ1) is 12.5. The molecule has 0 radical (unpaired) electrons. The number of aromatic amines is 1. The van der Waals surface area contributed by atoms with Crippen molar-refractivity contribution in [2.75, 3.05) is 19.1 Å². The molecule has 0 spiro atoms. The average molecular weight is 382 g/mol. The van der Waals surface area contributed by atoms with E-state index in [4.69, 9.17) is 21.1 Å². The van der Waals surface area contributed by atoms with Gasteiger partial charge in [0.05, 0.1) is 31.1 Å². The van der Waals surface area contributed by atoms with Gasteiger partial charge in [0.25, 0.3) is 5.56 Å². The fourth-order valence-corrected chi connectivity index (χ4v) is 2.09. The molecule has 0 aliphatic rings. The predicted molar refractivity (Wildman–Crippen MR) is 96.5 cm³/mol. The molecule has 0 saturated carbocycles. The molecular formula is C15H16ClN5O5. The van der Waals surface area contributed by atoms with Crippen molar-refractivity contribution in [2.45, 2.75) is 13.3 Å². The molecule has 26 heavy (non-hydrogen) atoms. The first-order valence-corrected chi connectivity index (χ1v) is 7.87. The van der Waals surface area contributed by atoms with Crippen molar-refractivity contribution in [2.24, 2.45) is 5.10 Å². The monoisotopic (exact) mass is 381 g/mol. The fourth-order valence-electron chi connectivity index (χ4n) is 1.96. The highest BCUT2D eigenvalue weighted by atomic mass is 35.5. The number of nitrogens with one attached hydrogen (secondary N) is 2. The van der Waals surface area contributed by atoms with Crippen LogP contribution in [0.5, 0.6) is 11.5 Å². The Morgan fingerprint density at radius 3 is 2.92 bits per heavy atom. The maximum Gasteiger partial charge on any atom is 0.315 e. The van der Waals surface area contributed by atoms with Crippen molar-refractivity contribution in [3.05, 3.63) is 49.4 Å². The summed E-state index contributed by atoms with van der Waals surface area (Å²) in [5.41, 5.74) is 2.32. The van der Waals surface area contributed by atoms with E-state index < -0.39 is 10.5 Å². The van der Waals surface area contributed by atoms with Crippen LogP contribution in [0.2, 0.25) is 5.02 Å². The van der Waals surface area contributed by atoms with Crippen molar-refractivity contribution in [1.82, 2.24) is 10.2 Å². The second kappa shape index (κ2) is 8.81. The second-order valence-corrected chi connectivity index (χ2v) is 5.35. The normalized spacial score (nSPS) is 10.7. The fraction of sp³-hybridized carbons (Fsp3) is 0.267. The Labute approximate surface area is 152 Å². The quantitative estimate of drug-likeness (QED) is 0.408. The Balaban J connectivity index is 2.31. The zero-order valence-electron chi connectivity index (χ0n) is 14.0. The minimum atomic E-state index is -0.568. The van der Waals surface area contributed by atoms with E-state index in [0.717, 1.165) is 0 Å². The number of nitro groups is 1. The molecule has 0 saturated heterocycles. The summed E-state index contributed by atoms with van der Waals surface area (Å²) in [5.74, 6) is 0.274. The van der Waals surface area contributed by atoms with Gasteiger partial charge in [0, 0.05) is 11.6 Å². The third-order valence-corrected chi connectivity index (χ3v) is 3.49. The number of anilines is 1. The van der Waals surface area contributed by atoms with Crippen molar-refractivity contribution in [3.8, 4) is 11.5 Å². The number of rotatable bonds is 8. The van der Waals surface area contributed by atoms with E-state index in [-0.39, 0.29) is 27.9 Å². The van der Waals surface area contributed by atoms with Crippen molar-refractivity contribution < 1.29 is 14.4 Å². The Morgan fingerprint density at radius 2 is 2.27 bits per heavy atom. The van der Waals surface area contributed by atoms with Crippen molar-refractivity contribution in [1.29, 1.82) is 0 Å². The Morgan fingerprint density at radius 1 is 1.50 bits per heavy atom. The summed E-state index contributed by atoms with van der Waals surface area (Å²) in [6, 6.07) is 2.84. The highest BCUT2D eigenvalue weighted by Gasteiger charge is 2.21. The molecule has 1 aromatic heterocycles. The number of aromatic nitrogens is 2. The first kappa shape index (κ1) is 19.2. The van der Waals surface area contributed by atoms with E-state index in [1.807, 2.05) is 6.92 Å². The molecule has 1 heterocycles. The van der Waals surface area contributed by atoms with Gasteiger partial charge in [-0.1, -0.05) is 18.5 Å². The van der Waals surface area contributed by atoms with Crippen LogP contribution in [-0.4, -0.2) is 35.1 Å². The van der Waals surface area contributed by atoms with Gasteiger partial charge < -0.3 is 9.47 Å². The van der Waals surface area contributed by atoms with E-state index in [0.29, 0.717) is 18.6 Å². The summed E-state index contributed by atoms with van der Waals surface area (Å²) in [6.45, 7) is 2.21. The summed E-state index contributed by atoms with van der Waals surface area (Å²) in [4.78, 5) is 22.1. The van der Waals surface area contributed by atoms with Crippen LogP contribution in [-0.2, 0) is 0 Å². The minimum Gasteiger partial charge on any atom is -0.493 e. The second-order valence-electron chi connectivity index (χ2n) is 4.97. The molecule has 0 fully saturated rings. The maximum absolute atomic E-state index is 11.4. The largest absolute Gasteiger partial charge is 0.493 e. The van der Waals surface area contributed by atoms with Crippen LogP contribution >= 0.6 is 11.6 Å². The number of hydrogen-bond donors (Lipinski definition) is 2. The van der Waals surface area contributed by atoms with Gasteiger partial charge in [0.15, 0.2) is 5.75 Å². The molecule has 2 rings (SSSR count). The molecule has 0 atom stereocenters. The number of hydrazone groups is 1. The number of ether oxygens (including phenoxy) is 2. The SMILES string of the molecule is CCCOc1c(OC)cc(/C=N\Nc2cn[nH]c(=O)c2Cl)cc1[N+](=O)[O-]. The van der Waals surface area contributed by atoms with Gasteiger partial charge in [-0.15, -0.1) is 0 Å². The van der Waals surface area contributed by atoms with Crippen LogP contribution in [0, 0.1) is 10.1 Å². The topological polar surface area (TPSA) is 132 Å². The molecule has 0 aliphatic carbocycles. The lowest BCUT2D eigenvalue weighted by molar-refractivity contribution is -0.386. The number of methoxy groups -OCH3 is 1. The van der Waals surface area contributed by atoms with Gasteiger partial charge in [0.1, 0.15) is 10.7 Å². The van der Waals surface area contributed by atoms with Gasteiger partial charge in [-0.25, -0.2) is 5.10 Å². The lowest BCUT2D eigenvalue weighted by Gasteiger charge is -2.11. The van der Waals surface area contributed by atoms with Crippen LogP contribution in [0.25, 0.3) is 0 Å². The third-order valence-electron chi connectivity index (χ3n) is 3.12. The number of H-pyrrole nitrogens is 1. The molecule has 1 aromatic carbocycles. The molecule has 2 aromatic rings. The van der Waals surface area contributed by atoms with Gasteiger partial charge >= 0.3 is 5.69 Å². The van der Waals surface area contributed by atoms with Gasteiger partial charge in [-0.05, 0) is 12.5 Å². The lowest BCUT2D eigenvalue weighted by atomic mass is 10.2. The highest BCUT2D eigenvalue weighted by molar-refractivity contribution is 6.32. The molecule has 11 heteroatoms.